The van der Waals surface area contributed by atoms with Crippen LogP contribution in [0.3, 0.4) is 0 Å². The van der Waals surface area contributed by atoms with Crippen LogP contribution in [0.5, 0.6) is 0 Å². The molecule has 0 aliphatic rings. The molecule has 57 valence electrons. The first-order chi connectivity index (χ1) is 5.43. The number of rotatable bonds is 4. The van der Waals surface area contributed by atoms with Gasteiger partial charge in [-0.15, -0.1) is 6.58 Å². The first kappa shape index (κ1) is 8.02. The third-order valence-corrected chi connectivity index (χ3v) is 1.38. The second kappa shape index (κ2) is 4.69. The largest absolute Gasteiger partial charge is 0.309 e. The Bertz CT molecular complexity index is 203. The van der Waals surface area contributed by atoms with Crippen LogP contribution < -0.4 is 5.32 Å². The van der Waals surface area contributed by atoms with Crippen LogP contribution >= 0.6 is 0 Å². The van der Waals surface area contributed by atoms with Gasteiger partial charge in [0, 0.05) is 13.1 Å². The summed E-state index contributed by atoms with van der Waals surface area (Å²) in [4.78, 5) is 0. The molecule has 1 N–H and O–H groups in total. The summed E-state index contributed by atoms with van der Waals surface area (Å²) in [5.74, 6) is 0. The Kier molecular flexibility index (Phi) is 3.42. The minimum absolute atomic E-state index is 0.850. The van der Waals surface area contributed by atoms with E-state index in [9.17, 15) is 0 Å². The summed E-state index contributed by atoms with van der Waals surface area (Å²) in [6.45, 7) is 5.34. The molecule has 1 rings (SSSR count). The third-order valence-electron chi connectivity index (χ3n) is 1.38. The lowest BCUT2D eigenvalue weighted by molar-refractivity contribution is 0.760. The van der Waals surface area contributed by atoms with Gasteiger partial charge in [-0.25, -0.2) is 0 Å². The molecule has 0 fully saturated rings. The van der Waals surface area contributed by atoms with Crippen molar-refractivity contribution in [3.8, 4) is 0 Å². The highest BCUT2D eigenvalue weighted by molar-refractivity contribution is 5.12. The van der Waals surface area contributed by atoms with E-state index in [1.807, 2.05) is 24.3 Å². The molecule has 1 nitrogen and oxygen atoms in total. The predicted octanol–water partition coefficient (Wildman–Crippen LogP) is 1.76. The molecule has 11 heavy (non-hydrogen) atoms. The second-order valence-electron chi connectivity index (χ2n) is 2.31. The maximum absolute atomic E-state index is 3.62. The Balaban J connectivity index is 2.33. The van der Waals surface area contributed by atoms with Crippen molar-refractivity contribution in [1.82, 2.24) is 5.32 Å². The highest BCUT2D eigenvalue weighted by atomic mass is 14.8. The molecule has 1 radical (unpaired) electrons. The number of benzene rings is 1. The average molecular weight is 146 g/mol. The molecule has 0 aliphatic carbocycles. The quantitative estimate of drug-likeness (QED) is 0.504. The van der Waals surface area contributed by atoms with Crippen LogP contribution in [0, 0.1) is 6.07 Å². The van der Waals surface area contributed by atoms with Crippen LogP contribution in [0.1, 0.15) is 5.56 Å². The maximum atomic E-state index is 3.62. The Morgan fingerprint density at radius 2 is 2.45 bits per heavy atom. The first-order valence-corrected chi connectivity index (χ1v) is 3.70. The molecule has 1 heteroatoms. The summed E-state index contributed by atoms with van der Waals surface area (Å²) < 4.78 is 0. The van der Waals surface area contributed by atoms with Gasteiger partial charge in [0.05, 0.1) is 0 Å². The summed E-state index contributed by atoms with van der Waals surface area (Å²) in [5.41, 5.74) is 1.19. The fourth-order valence-electron chi connectivity index (χ4n) is 0.849. The molecule has 0 bridgehead atoms. The molecule has 0 spiro atoms. The van der Waals surface area contributed by atoms with E-state index < -0.39 is 0 Å². The third kappa shape index (κ3) is 3.01. The predicted molar refractivity (Wildman–Crippen MR) is 47.2 cm³/mol. The van der Waals surface area contributed by atoms with Gasteiger partial charge in [-0.3, -0.25) is 0 Å². The Hall–Kier alpha value is -1.08. The Labute approximate surface area is 67.8 Å². The van der Waals surface area contributed by atoms with Crippen LogP contribution in [0.2, 0.25) is 0 Å². The van der Waals surface area contributed by atoms with Crippen molar-refractivity contribution >= 4 is 0 Å². The molecule has 1 aromatic carbocycles. The van der Waals surface area contributed by atoms with Gasteiger partial charge in [0.1, 0.15) is 0 Å². The van der Waals surface area contributed by atoms with Gasteiger partial charge in [0.2, 0.25) is 0 Å². The Morgan fingerprint density at radius 1 is 1.55 bits per heavy atom. The second-order valence-corrected chi connectivity index (χ2v) is 2.31. The van der Waals surface area contributed by atoms with E-state index in [1.54, 1.807) is 0 Å². The normalized spacial score (nSPS) is 9.45. The van der Waals surface area contributed by atoms with Crippen molar-refractivity contribution in [1.29, 1.82) is 0 Å². The Morgan fingerprint density at radius 3 is 3.09 bits per heavy atom. The van der Waals surface area contributed by atoms with Crippen LogP contribution in [-0.4, -0.2) is 6.54 Å². The number of hydrogen-bond donors (Lipinski definition) is 1. The lowest BCUT2D eigenvalue weighted by Crippen LogP contribution is -2.12. The van der Waals surface area contributed by atoms with E-state index in [1.165, 1.54) is 5.56 Å². The number of nitrogens with one attached hydrogen (secondary N) is 1. The van der Waals surface area contributed by atoms with E-state index in [0.717, 1.165) is 13.1 Å². The van der Waals surface area contributed by atoms with E-state index in [4.69, 9.17) is 0 Å². The van der Waals surface area contributed by atoms with E-state index >= 15 is 0 Å². The van der Waals surface area contributed by atoms with Crippen molar-refractivity contribution in [2.75, 3.05) is 6.54 Å². The van der Waals surface area contributed by atoms with Crippen LogP contribution in [0.25, 0.3) is 0 Å². The summed E-state index contributed by atoms with van der Waals surface area (Å²) in [6, 6.07) is 11.1. The van der Waals surface area contributed by atoms with Gasteiger partial charge in [0.15, 0.2) is 0 Å². The smallest absolute Gasteiger partial charge is 0.0214 e. The lowest BCUT2D eigenvalue weighted by Gasteiger charge is -1.99. The standard InChI is InChI=1S/C10H12N/c1-2-8-11-9-10-6-4-3-5-7-10/h2-6,11H,1,8-9H2. The topological polar surface area (TPSA) is 12.0 Å². The van der Waals surface area contributed by atoms with Gasteiger partial charge in [-0.05, 0) is 11.6 Å². The minimum atomic E-state index is 0.850. The van der Waals surface area contributed by atoms with Gasteiger partial charge in [-0.1, -0.05) is 30.3 Å². The molecule has 0 aliphatic heterocycles. The van der Waals surface area contributed by atoms with Gasteiger partial charge in [0.25, 0.3) is 0 Å². The van der Waals surface area contributed by atoms with E-state index in [-0.39, 0.29) is 0 Å². The molecule has 1 aromatic rings. The average Bonchev–Trinajstić information content (AvgIpc) is 2.07. The molecule has 0 aromatic heterocycles. The van der Waals surface area contributed by atoms with Crippen LogP contribution in [-0.2, 0) is 6.54 Å². The van der Waals surface area contributed by atoms with E-state index in [0.29, 0.717) is 0 Å². The molecule has 0 heterocycles. The van der Waals surface area contributed by atoms with Crippen molar-refractivity contribution in [3.05, 3.63) is 48.6 Å². The van der Waals surface area contributed by atoms with Gasteiger partial charge in [-0.2, -0.15) is 0 Å². The van der Waals surface area contributed by atoms with Crippen molar-refractivity contribution in [2.24, 2.45) is 0 Å². The fourth-order valence-corrected chi connectivity index (χ4v) is 0.849. The molecule has 0 saturated carbocycles. The molecule has 0 saturated heterocycles. The summed E-state index contributed by atoms with van der Waals surface area (Å²) >= 11 is 0. The van der Waals surface area contributed by atoms with Crippen molar-refractivity contribution in [2.45, 2.75) is 6.54 Å². The number of hydrogen-bond acceptors (Lipinski definition) is 1. The van der Waals surface area contributed by atoms with E-state index in [2.05, 4.69) is 24.0 Å². The highest BCUT2D eigenvalue weighted by Crippen LogP contribution is 1.95. The zero-order valence-corrected chi connectivity index (χ0v) is 6.51. The van der Waals surface area contributed by atoms with Crippen molar-refractivity contribution in [3.63, 3.8) is 0 Å². The summed E-state index contributed by atoms with van der Waals surface area (Å²) in [5, 5.41) is 3.20. The summed E-state index contributed by atoms with van der Waals surface area (Å²) in [6.07, 6.45) is 1.85. The monoisotopic (exact) mass is 146 g/mol. The zero-order valence-electron chi connectivity index (χ0n) is 6.51. The lowest BCUT2D eigenvalue weighted by atomic mass is 10.2. The SMILES string of the molecule is C=CCNCc1[c]cccc1. The van der Waals surface area contributed by atoms with Crippen LogP contribution in [0.15, 0.2) is 36.9 Å². The highest BCUT2D eigenvalue weighted by Gasteiger charge is 1.87. The van der Waals surface area contributed by atoms with Gasteiger partial charge < -0.3 is 5.32 Å². The fraction of sp³-hybridized carbons (Fsp3) is 0.200. The maximum Gasteiger partial charge on any atom is 0.0214 e. The molecular weight excluding hydrogens is 134 g/mol. The zero-order chi connectivity index (χ0) is 7.94. The first-order valence-electron chi connectivity index (χ1n) is 3.70. The van der Waals surface area contributed by atoms with Crippen LogP contribution in [0.4, 0.5) is 0 Å². The van der Waals surface area contributed by atoms with Crippen molar-refractivity contribution < 1.29 is 0 Å². The summed E-state index contributed by atoms with van der Waals surface area (Å²) in [7, 11) is 0. The minimum Gasteiger partial charge on any atom is -0.309 e. The molecular formula is C10H12N. The van der Waals surface area contributed by atoms with Gasteiger partial charge >= 0.3 is 0 Å². The molecule has 0 unspecified atom stereocenters. The molecule has 0 atom stereocenters. The molecule has 0 amide bonds.